The molecule has 0 unspecified atom stereocenters. The lowest BCUT2D eigenvalue weighted by molar-refractivity contribution is -0.118. The molecule has 0 atom stereocenters. The van der Waals surface area contributed by atoms with Gasteiger partial charge in [0.1, 0.15) is 5.75 Å². The number of amides is 1. The maximum absolute atomic E-state index is 11.8. The Labute approximate surface area is 121 Å². The van der Waals surface area contributed by atoms with Gasteiger partial charge in [0.2, 0.25) is 5.91 Å². The molecule has 1 amide bonds. The highest BCUT2D eigenvalue weighted by atomic mass is 32.2. The van der Waals surface area contributed by atoms with Crippen LogP contribution in [-0.2, 0) is 11.3 Å². The lowest BCUT2D eigenvalue weighted by Gasteiger charge is -2.09. The Hall–Kier alpha value is -2.08. The van der Waals surface area contributed by atoms with Gasteiger partial charge in [-0.25, -0.2) is 9.97 Å². The molecule has 5 nitrogen and oxygen atoms in total. The smallest absolute Gasteiger partial charge is 0.230 e. The van der Waals surface area contributed by atoms with Crippen molar-refractivity contribution in [1.29, 1.82) is 0 Å². The summed E-state index contributed by atoms with van der Waals surface area (Å²) >= 11 is 1.31. The number of methoxy groups -OCH3 is 1. The van der Waals surface area contributed by atoms with Crippen molar-refractivity contribution in [3.8, 4) is 5.75 Å². The number of hydrogen-bond acceptors (Lipinski definition) is 5. The summed E-state index contributed by atoms with van der Waals surface area (Å²) in [4.78, 5) is 19.9. The van der Waals surface area contributed by atoms with Crippen molar-refractivity contribution in [3.63, 3.8) is 0 Å². The van der Waals surface area contributed by atoms with Crippen molar-refractivity contribution in [2.24, 2.45) is 0 Å². The number of carbonyl (C=O) groups is 1. The Kier molecular flexibility index (Phi) is 5.37. The minimum Gasteiger partial charge on any atom is -0.496 e. The number of nitrogens with zero attached hydrogens (tertiary/aromatic N) is 2. The normalized spacial score (nSPS) is 10.1. The van der Waals surface area contributed by atoms with Gasteiger partial charge in [0.05, 0.1) is 12.9 Å². The average Bonchev–Trinajstić information content (AvgIpc) is 2.52. The van der Waals surface area contributed by atoms with Gasteiger partial charge in [-0.2, -0.15) is 0 Å². The molecular weight excluding hydrogens is 274 g/mol. The third-order valence-corrected chi connectivity index (χ3v) is 3.42. The molecule has 0 spiro atoms. The summed E-state index contributed by atoms with van der Waals surface area (Å²) in [6.07, 6.45) is 3.31. The second-order valence-corrected chi connectivity index (χ2v) is 4.85. The summed E-state index contributed by atoms with van der Waals surface area (Å²) in [5, 5.41) is 3.45. The van der Waals surface area contributed by atoms with Crippen LogP contribution in [0.2, 0.25) is 0 Å². The molecule has 1 aromatic heterocycles. The van der Waals surface area contributed by atoms with Crippen molar-refractivity contribution in [1.82, 2.24) is 15.3 Å². The summed E-state index contributed by atoms with van der Waals surface area (Å²) in [5.41, 5.74) is 0.948. The number of rotatable bonds is 6. The molecule has 2 rings (SSSR count). The van der Waals surface area contributed by atoms with Crippen LogP contribution in [0.5, 0.6) is 5.75 Å². The first-order valence-corrected chi connectivity index (χ1v) is 7.06. The van der Waals surface area contributed by atoms with Crippen LogP contribution < -0.4 is 10.1 Å². The van der Waals surface area contributed by atoms with Crippen LogP contribution in [0, 0.1) is 0 Å². The van der Waals surface area contributed by atoms with Gasteiger partial charge in [0.25, 0.3) is 0 Å². The second-order valence-electron chi connectivity index (χ2n) is 3.91. The van der Waals surface area contributed by atoms with Crippen LogP contribution in [0.4, 0.5) is 0 Å². The summed E-state index contributed by atoms with van der Waals surface area (Å²) in [5.74, 6) is 0.999. The van der Waals surface area contributed by atoms with E-state index in [-0.39, 0.29) is 5.91 Å². The van der Waals surface area contributed by atoms with Crippen molar-refractivity contribution in [2.45, 2.75) is 11.7 Å². The molecule has 0 radical (unpaired) electrons. The molecule has 0 aliphatic heterocycles. The van der Waals surface area contributed by atoms with E-state index in [1.807, 2.05) is 24.3 Å². The van der Waals surface area contributed by atoms with Crippen molar-refractivity contribution in [2.75, 3.05) is 12.9 Å². The molecule has 20 heavy (non-hydrogen) atoms. The fourth-order valence-electron chi connectivity index (χ4n) is 1.58. The van der Waals surface area contributed by atoms with E-state index in [1.54, 1.807) is 25.6 Å². The van der Waals surface area contributed by atoms with Gasteiger partial charge in [-0.15, -0.1) is 0 Å². The van der Waals surface area contributed by atoms with Gasteiger partial charge in [0.15, 0.2) is 5.16 Å². The highest BCUT2D eigenvalue weighted by Gasteiger charge is 2.06. The maximum atomic E-state index is 11.8. The molecule has 0 saturated heterocycles. The zero-order valence-electron chi connectivity index (χ0n) is 11.1. The third kappa shape index (κ3) is 4.24. The highest BCUT2D eigenvalue weighted by molar-refractivity contribution is 7.99. The lowest BCUT2D eigenvalue weighted by Crippen LogP contribution is -2.24. The van der Waals surface area contributed by atoms with E-state index in [4.69, 9.17) is 4.74 Å². The van der Waals surface area contributed by atoms with Crippen molar-refractivity contribution >= 4 is 17.7 Å². The Morgan fingerprint density at radius 3 is 2.75 bits per heavy atom. The Morgan fingerprint density at radius 2 is 2.00 bits per heavy atom. The molecule has 1 N–H and O–H groups in total. The minimum absolute atomic E-state index is 0.0617. The van der Waals surface area contributed by atoms with E-state index in [1.165, 1.54) is 11.8 Å². The first kappa shape index (κ1) is 14.3. The molecule has 0 saturated carbocycles. The molecule has 6 heteroatoms. The molecule has 0 fully saturated rings. The van der Waals surface area contributed by atoms with Gasteiger partial charge in [0, 0.05) is 24.5 Å². The highest BCUT2D eigenvalue weighted by Crippen LogP contribution is 2.17. The third-order valence-electron chi connectivity index (χ3n) is 2.54. The van der Waals surface area contributed by atoms with Gasteiger partial charge >= 0.3 is 0 Å². The molecule has 0 bridgehead atoms. The predicted octanol–water partition coefficient (Wildman–Crippen LogP) is 1.89. The van der Waals surface area contributed by atoms with Crippen molar-refractivity contribution < 1.29 is 9.53 Å². The number of aromatic nitrogens is 2. The molecular formula is C14H15N3O2S. The Morgan fingerprint density at radius 1 is 1.25 bits per heavy atom. The summed E-state index contributed by atoms with van der Waals surface area (Å²) in [7, 11) is 1.61. The lowest BCUT2D eigenvalue weighted by atomic mass is 10.2. The quantitative estimate of drug-likeness (QED) is 0.650. The zero-order valence-corrected chi connectivity index (χ0v) is 11.9. The fraction of sp³-hybridized carbons (Fsp3) is 0.214. The zero-order chi connectivity index (χ0) is 14.2. The standard InChI is InChI=1S/C14H15N3O2S/c1-19-12-6-3-2-5-11(12)9-17-13(18)10-20-14-15-7-4-8-16-14/h2-8H,9-10H2,1H3,(H,17,18). The van der Waals surface area contributed by atoms with Crippen LogP contribution in [0.1, 0.15) is 5.56 Å². The van der Waals surface area contributed by atoms with Gasteiger partial charge in [-0.1, -0.05) is 30.0 Å². The topological polar surface area (TPSA) is 64.1 Å². The number of nitrogens with one attached hydrogen (secondary N) is 1. The van der Waals surface area contributed by atoms with Gasteiger partial charge < -0.3 is 10.1 Å². The molecule has 2 aromatic rings. The summed E-state index contributed by atoms with van der Waals surface area (Å²) in [6, 6.07) is 9.34. The average molecular weight is 289 g/mol. The predicted molar refractivity (Wildman–Crippen MR) is 77.6 cm³/mol. The largest absolute Gasteiger partial charge is 0.496 e. The molecule has 0 aliphatic rings. The van der Waals surface area contributed by atoms with Gasteiger partial charge in [-0.05, 0) is 12.1 Å². The number of ether oxygens (including phenoxy) is 1. The number of thioether (sulfide) groups is 1. The van der Waals surface area contributed by atoms with Crippen LogP contribution in [0.25, 0.3) is 0 Å². The monoisotopic (exact) mass is 289 g/mol. The van der Waals surface area contributed by atoms with Gasteiger partial charge in [-0.3, -0.25) is 4.79 Å². The first-order chi connectivity index (χ1) is 9.79. The Balaban J connectivity index is 1.80. The summed E-state index contributed by atoms with van der Waals surface area (Å²) < 4.78 is 5.23. The number of benzene rings is 1. The molecule has 104 valence electrons. The first-order valence-electron chi connectivity index (χ1n) is 6.08. The van der Waals surface area contributed by atoms with E-state index >= 15 is 0 Å². The SMILES string of the molecule is COc1ccccc1CNC(=O)CSc1ncccn1. The van der Waals surface area contributed by atoms with E-state index in [2.05, 4.69) is 15.3 Å². The van der Waals surface area contributed by atoms with Crippen LogP contribution in [0.15, 0.2) is 47.9 Å². The second kappa shape index (κ2) is 7.49. The van der Waals surface area contributed by atoms with E-state index in [0.717, 1.165) is 11.3 Å². The number of hydrogen-bond donors (Lipinski definition) is 1. The van der Waals surface area contributed by atoms with Crippen molar-refractivity contribution in [3.05, 3.63) is 48.3 Å². The van der Waals surface area contributed by atoms with E-state index in [0.29, 0.717) is 17.5 Å². The maximum Gasteiger partial charge on any atom is 0.230 e. The molecule has 1 heterocycles. The minimum atomic E-state index is -0.0617. The van der Waals surface area contributed by atoms with E-state index in [9.17, 15) is 4.79 Å². The molecule has 1 aromatic carbocycles. The van der Waals surface area contributed by atoms with Crippen LogP contribution >= 0.6 is 11.8 Å². The van der Waals surface area contributed by atoms with E-state index < -0.39 is 0 Å². The number of para-hydroxylation sites is 1. The number of carbonyl (C=O) groups excluding carboxylic acids is 1. The van der Waals surface area contributed by atoms with Crippen LogP contribution in [-0.4, -0.2) is 28.7 Å². The summed E-state index contributed by atoms with van der Waals surface area (Å²) in [6.45, 7) is 0.444. The molecule has 0 aliphatic carbocycles. The fourth-order valence-corrected chi connectivity index (χ4v) is 2.22. The Bertz CT molecular complexity index is 563. The van der Waals surface area contributed by atoms with Crippen LogP contribution in [0.3, 0.4) is 0 Å².